The lowest BCUT2D eigenvalue weighted by Crippen LogP contribution is -2.26. The Morgan fingerprint density at radius 1 is 1.26 bits per heavy atom. The maximum absolute atomic E-state index is 10.7. The summed E-state index contributed by atoms with van der Waals surface area (Å²) >= 11 is 0. The van der Waals surface area contributed by atoms with Crippen LogP contribution in [0.5, 0.6) is 0 Å². The van der Waals surface area contributed by atoms with Crippen molar-refractivity contribution in [3.8, 4) is 0 Å². The van der Waals surface area contributed by atoms with Crippen molar-refractivity contribution in [3.63, 3.8) is 0 Å². The van der Waals surface area contributed by atoms with E-state index in [0.717, 1.165) is 24.4 Å². The molecule has 0 fully saturated rings. The molecule has 1 aromatic heterocycles. The number of hydrogen-bond acceptors (Lipinski definition) is 3. The Balaban J connectivity index is 2.20. The van der Waals surface area contributed by atoms with Crippen molar-refractivity contribution >= 4 is 0 Å². The van der Waals surface area contributed by atoms with E-state index < -0.39 is 5.60 Å². The van der Waals surface area contributed by atoms with Crippen LogP contribution in [-0.2, 0) is 18.6 Å². The van der Waals surface area contributed by atoms with Gasteiger partial charge in [0.15, 0.2) is 0 Å². The number of aromatic nitrogens is 3. The van der Waals surface area contributed by atoms with Crippen molar-refractivity contribution < 1.29 is 5.11 Å². The fraction of sp³-hybridized carbons (Fsp3) is 0.467. The molecule has 1 aromatic carbocycles. The monoisotopic (exact) mass is 259 g/mol. The fourth-order valence-electron chi connectivity index (χ4n) is 2.15. The summed E-state index contributed by atoms with van der Waals surface area (Å²) in [6.45, 7) is 6.79. The highest BCUT2D eigenvalue weighted by Crippen LogP contribution is 2.24. The van der Waals surface area contributed by atoms with Gasteiger partial charge >= 0.3 is 0 Å². The van der Waals surface area contributed by atoms with E-state index in [0.29, 0.717) is 6.42 Å². The van der Waals surface area contributed by atoms with Crippen LogP contribution >= 0.6 is 0 Å². The van der Waals surface area contributed by atoms with Crippen LogP contribution in [0.15, 0.2) is 30.6 Å². The van der Waals surface area contributed by atoms with Crippen molar-refractivity contribution in [1.29, 1.82) is 0 Å². The Hall–Kier alpha value is -1.68. The maximum Gasteiger partial charge on any atom is 0.138 e. The molecule has 0 amide bonds. The molecule has 0 radical (unpaired) electrons. The van der Waals surface area contributed by atoms with Gasteiger partial charge in [0, 0.05) is 13.0 Å². The maximum atomic E-state index is 10.7. The average Bonchev–Trinajstić information content (AvgIpc) is 2.77. The van der Waals surface area contributed by atoms with E-state index in [1.807, 2.05) is 42.8 Å². The molecule has 19 heavy (non-hydrogen) atoms. The second-order valence-corrected chi connectivity index (χ2v) is 5.22. The summed E-state index contributed by atoms with van der Waals surface area (Å²) in [4.78, 5) is 4.25. The molecule has 2 aromatic rings. The van der Waals surface area contributed by atoms with Crippen LogP contribution in [0.1, 0.15) is 37.2 Å². The van der Waals surface area contributed by atoms with E-state index in [9.17, 15) is 5.11 Å². The van der Waals surface area contributed by atoms with Gasteiger partial charge in [-0.3, -0.25) is 0 Å². The third kappa shape index (κ3) is 3.20. The van der Waals surface area contributed by atoms with E-state index >= 15 is 0 Å². The van der Waals surface area contributed by atoms with E-state index in [2.05, 4.69) is 17.0 Å². The zero-order valence-corrected chi connectivity index (χ0v) is 11.8. The highest BCUT2D eigenvalue weighted by Gasteiger charge is 2.25. The summed E-state index contributed by atoms with van der Waals surface area (Å²) < 4.78 is 1.86. The molecule has 4 heteroatoms. The first-order valence-corrected chi connectivity index (χ1v) is 6.69. The van der Waals surface area contributed by atoms with Gasteiger partial charge in [-0.05, 0) is 25.8 Å². The lowest BCUT2D eigenvalue weighted by atomic mass is 9.91. The minimum absolute atomic E-state index is 0.468. The number of benzene rings is 1. The molecule has 0 bridgehead atoms. The van der Waals surface area contributed by atoms with Gasteiger partial charge < -0.3 is 5.11 Å². The Morgan fingerprint density at radius 3 is 2.58 bits per heavy atom. The van der Waals surface area contributed by atoms with Crippen molar-refractivity contribution in [2.75, 3.05) is 0 Å². The van der Waals surface area contributed by atoms with Gasteiger partial charge in [0.1, 0.15) is 12.2 Å². The summed E-state index contributed by atoms with van der Waals surface area (Å²) in [5.41, 5.74) is 1.17. The molecule has 1 heterocycles. The van der Waals surface area contributed by atoms with Crippen LogP contribution in [0, 0.1) is 6.92 Å². The van der Waals surface area contributed by atoms with Crippen molar-refractivity contribution in [2.45, 2.75) is 45.8 Å². The molecule has 0 saturated heterocycles. The molecule has 0 aliphatic carbocycles. The van der Waals surface area contributed by atoms with Crippen LogP contribution in [0.2, 0.25) is 0 Å². The van der Waals surface area contributed by atoms with Crippen LogP contribution in [0.3, 0.4) is 0 Å². The van der Waals surface area contributed by atoms with Gasteiger partial charge in [0.2, 0.25) is 0 Å². The second kappa shape index (κ2) is 5.53. The minimum Gasteiger partial charge on any atom is -0.385 e. The Morgan fingerprint density at radius 2 is 1.95 bits per heavy atom. The summed E-state index contributed by atoms with van der Waals surface area (Å²) in [5.74, 6) is 0.826. The van der Waals surface area contributed by atoms with E-state index in [-0.39, 0.29) is 0 Å². The Bertz CT molecular complexity index is 529. The summed E-state index contributed by atoms with van der Waals surface area (Å²) in [5, 5.41) is 14.9. The van der Waals surface area contributed by atoms with E-state index in [1.54, 1.807) is 6.33 Å². The molecule has 0 aliphatic heterocycles. The predicted molar refractivity (Wildman–Crippen MR) is 74.8 cm³/mol. The molecule has 2 rings (SSSR count). The standard InChI is InChI=1S/C15H21N3O/c1-4-9-18-14(16-11-17-18)10-15(3,19)13-7-5-12(2)6-8-13/h5-8,11,19H,4,9-10H2,1-3H3. The molecule has 1 unspecified atom stereocenters. The summed E-state index contributed by atoms with van der Waals surface area (Å²) in [6.07, 6.45) is 3.02. The number of aryl methyl sites for hydroxylation is 2. The molecule has 4 nitrogen and oxygen atoms in total. The lowest BCUT2D eigenvalue weighted by Gasteiger charge is -2.23. The molecule has 1 N–H and O–H groups in total. The van der Waals surface area contributed by atoms with Crippen LogP contribution in [-0.4, -0.2) is 19.9 Å². The number of aliphatic hydroxyl groups is 1. The van der Waals surface area contributed by atoms with Crippen LogP contribution < -0.4 is 0 Å². The average molecular weight is 259 g/mol. The van der Waals surface area contributed by atoms with E-state index in [4.69, 9.17) is 0 Å². The van der Waals surface area contributed by atoms with Crippen molar-refractivity contribution in [1.82, 2.24) is 14.8 Å². The molecule has 1 atom stereocenters. The highest BCUT2D eigenvalue weighted by molar-refractivity contribution is 5.26. The first-order valence-electron chi connectivity index (χ1n) is 6.69. The third-order valence-corrected chi connectivity index (χ3v) is 3.31. The van der Waals surface area contributed by atoms with Gasteiger partial charge in [0.05, 0.1) is 5.60 Å². The first kappa shape index (κ1) is 13.7. The lowest BCUT2D eigenvalue weighted by molar-refractivity contribution is 0.0542. The van der Waals surface area contributed by atoms with Gasteiger partial charge in [-0.2, -0.15) is 5.10 Å². The Kier molecular flexibility index (Phi) is 4.00. The molecule has 0 spiro atoms. The first-order chi connectivity index (χ1) is 9.03. The molecule has 0 aliphatic rings. The van der Waals surface area contributed by atoms with Gasteiger partial charge in [0.25, 0.3) is 0 Å². The van der Waals surface area contributed by atoms with E-state index in [1.165, 1.54) is 5.56 Å². The molecule has 102 valence electrons. The predicted octanol–water partition coefficient (Wildman–Crippen LogP) is 2.45. The van der Waals surface area contributed by atoms with Crippen LogP contribution in [0.4, 0.5) is 0 Å². The normalized spacial score (nSPS) is 14.3. The van der Waals surface area contributed by atoms with Crippen LogP contribution in [0.25, 0.3) is 0 Å². The topological polar surface area (TPSA) is 50.9 Å². The van der Waals surface area contributed by atoms with Crippen molar-refractivity contribution in [3.05, 3.63) is 47.5 Å². The highest BCUT2D eigenvalue weighted by atomic mass is 16.3. The summed E-state index contributed by atoms with van der Waals surface area (Å²) in [6, 6.07) is 7.97. The largest absolute Gasteiger partial charge is 0.385 e. The molecule has 0 saturated carbocycles. The summed E-state index contributed by atoms with van der Waals surface area (Å²) in [7, 11) is 0. The fourth-order valence-corrected chi connectivity index (χ4v) is 2.15. The van der Waals surface area contributed by atoms with Crippen molar-refractivity contribution in [2.24, 2.45) is 0 Å². The number of nitrogens with zero attached hydrogens (tertiary/aromatic N) is 3. The number of hydrogen-bond donors (Lipinski definition) is 1. The quantitative estimate of drug-likeness (QED) is 0.897. The van der Waals surface area contributed by atoms with Gasteiger partial charge in [-0.25, -0.2) is 9.67 Å². The Labute approximate surface area is 114 Å². The SMILES string of the molecule is CCCn1ncnc1CC(C)(O)c1ccc(C)cc1. The zero-order chi connectivity index (χ0) is 13.9. The molecular weight excluding hydrogens is 238 g/mol. The third-order valence-electron chi connectivity index (χ3n) is 3.31. The molecular formula is C15H21N3O. The zero-order valence-electron chi connectivity index (χ0n) is 11.8. The minimum atomic E-state index is -0.924. The number of rotatable bonds is 5. The second-order valence-electron chi connectivity index (χ2n) is 5.22. The van der Waals surface area contributed by atoms with Gasteiger partial charge in [-0.1, -0.05) is 36.8 Å². The smallest absolute Gasteiger partial charge is 0.138 e. The van der Waals surface area contributed by atoms with Gasteiger partial charge in [-0.15, -0.1) is 0 Å².